The van der Waals surface area contributed by atoms with Gasteiger partial charge < -0.3 is 10.1 Å². The summed E-state index contributed by atoms with van der Waals surface area (Å²) >= 11 is 1.50. The Balaban J connectivity index is 1.58. The number of thiophene rings is 1. The van der Waals surface area contributed by atoms with E-state index in [1.54, 1.807) is 6.92 Å². The first-order valence-corrected chi connectivity index (χ1v) is 12.4. The number of carbonyl (C=O) groups excluding carboxylic acids is 2. The molecule has 0 aliphatic heterocycles. The number of benzene rings is 2. The van der Waals surface area contributed by atoms with Crippen molar-refractivity contribution in [2.75, 3.05) is 11.9 Å². The van der Waals surface area contributed by atoms with Crippen LogP contribution in [0.4, 0.5) is 5.00 Å². The molecule has 5 rings (SSSR count). The van der Waals surface area contributed by atoms with Crippen LogP contribution in [-0.2, 0) is 17.6 Å². The lowest BCUT2D eigenvalue weighted by Crippen LogP contribution is -2.17. The number of pyridine rings is 1. The van der Waals surface area contributed by atoms with Crippen LogP contribution in [0.2, 0.25) is 0 Å². The topological polar surface area (TPSA) is 68.3 Å². The number of ether oxygens (including phenoxy) is 1. The molecule has 6 heteroatoms. The van der Waals surface area contributed by atoms with Crippen molar-refractivity contribution in [2.24, 2.45) is 5.92 Å². The van der Waals surface area contributed by atoms with Crippen LogP contribution >= 0.6 is 11.3 Å². The third-order valence-electron chi connectivity index (χ3n) is 6.25. The fourth-order valence-electron chi connectivity index (χ4n) is 4.55. The summed E-state index contributed by atoms with van der Waals surface area (Å²) in [6.45, 7) is 4.31. The molecule has 0 fully saturated rings. The fourth-order valence-corrected chi connectivity index (χ4v) is 5.94. The highest BCUT2D eigenvalue weighted by Crippen LogP contribution is 2.40. The van der Waals surface area contributed by atoms with E-state index >= 15 is 0 Å². The monoisotopic (exact) mass is 470 g/mol. The van der Waals surface area contributed by atoms with Gasteiger partial charge in [0.15, 0.2) is 0 Å². The predicted octanol–water partition coefficient (Wildman–Crippen LogP) is 6.52. The summed E-state index contributed by atoms with van der Waals surface area (Å²) < 4.78 is 5.36. The molecule has 1 aliphatic rings. The highest BCUT2D eigenvalue weighted by atomic mass is 32.1. The van der Waals surface area contributed by atoms with Gasteiger partial charge in [-0.05, 0) is 49.8 Å². The molecule has 34 heavy (non-hydrogen) atoms. The molecule has 0 saturated heterocycles. The number of carbonyl (C=O) groups is 2. The Labute approximate surface area is 202 Å². The number of hydrogen-bond acceptors (Lipinski definition) is 5. The summed E-state index contributed by atoms with van der Waals surface area (Å²) in [5.74, 6) is -0.0651. The van der Waals surface area contributed by atoms with Crippen LogP contribution in [0.1, 0.15) is 51.4 Å². The molecule has 1 amide bonds. The predicted molar refractivity (Wildman–Crippen MR) is 137 cm³/mol. The maximum Gasteiger partial charge on any atom is 0.341 e. The second-order valence-corrected chi connectivity index (χ2v) is 9.77. The molecular formula is C28H26N2O3S. The maximum absolute atomic E-state index is 13.6. The normalized spacial score (nSPS) is 15.1. The lowest BCUT2D eigenvalue weighted by atomic mass is 9.88. The highest BCUT2D eigenvalue weighted by Gasteiger charge is 2.29. The Kier molecular flexibility index (Phi) is 6.16. The smallest absolute Gasteiger partial charge is 0.341 e. The van der Waals surface area contributed by atoms with Gasteiger partial charge in [0.25, 0.3) is 5.91 Å². The second kappa shape index (κ2) is 9.39. The molecule has 2 aromatic carbocycles. The van der Waals surface area contributed by atoms with Gasteiger partial charge in [-0.1, -0.05) is 55.5 Å². The van der Waals surface area contributed by atoms with Gasteiger partial charge in [0, 0.05) is 15.8 Å². The minimum absolute atomic E-state index is 0.257. The zero-order valence-electron chi connectivity index (χ0n) is 19.3. The molecule has 0 unspecified atom stereocenters. The zero-order valence-corrected chi connectivity index (χ0v) is 20.1. The Bertz CT molecular complexity index is 1380. The highest BCUT2D eigenvalue weighted by molar-refractivity contribution is 7.17. The fraction of sp³-hybridized carbons (Fsp3) is 0.250. The van der Waals surface area contributed by atoms with Gasteiger partial charge in [-0.25, -0.2) is 9.78 Å². The van der Waals surface area contributed by atoms with E-state index in [9.17, 15) is 9.59 Å². The summed E-state index contributed by atoms with van der Waals surface area (Å²) in [7, 11) is 0. The van der Waals surface area contributed by atoms with Crippen molar-refractivity contribution < 1.29 is 14.3 Å². The van der Waals surface area contributed by atoms with E-state index in [1.807, 2.05) is 60.7 Å². The Morgan fingerprint density at radius 1 is 1.12 bits per heavy atom. The molecule has 0 saturated carbocycles. The van der Waals surface area contributed by atoms with Gasteiger partial charge in [0.2, 0.25) is 0 Å². The number of nitrogens with zero attached hydrogens (tertiary/aromatic N) is 1. The molecule has 0 bridgehead atoms. The number of esters is 1. The summed E-state index contributed by atoms with van der Waals surface area (Å²) in [5.41, 5.74) is 4.49. The number of nitrogens with one attached hydrogen (secondary N) is 1. The number of amides is 1. The molecule has 5 nitrogen and oxygen atoms in total. The molecule has 2 heterocycles. The Morgan fingerprint density at radius 3 is 2.68 bits per heavy atom. The average molecular weight is 471 g/mol. The van der Waals surface area contributed by atoms with Crippen LogP contribution < -0.4 is 5.32 Å². The molecule has 1 aliphatic carbocycles. The maximum atomic E-state index is 13.6. The second-order valence-electron chi connectivity index (χ2n) is 8.67. The molecule has 4 aromatic rings. The zero-order chi connectivity index (χ0) is 23.7. The van der Waals surface area contributed by atoms with Gasteiger partial charge in [0.1, 0.15) is 5.00 Å². The lowest BCUT2D eigenvalue weighted by molar-refractivity contribution is 0.0526. The van der Waals surface area contributed by atoms with Crippen LogP contribution in [0.15, 0.2) is 60.7 Å². The van der Waals surface area contributed by atoms with Gasteiger partial charge in [-0.2, -0.15) is 0 Å². The van der Waals surface area contributed by atoms with Crippen molar-refractivity contribution in [3.05, 3.63) is 82.2 Å². The number of rotatable bonds is 5. The standard InChI is InChI=1S/C28H26N2O3S/c1-3-33-28(32)25-20-14-13-17(2)15-24(20)34-27(25)30-26(31)21-16-23(18-9-5-4-6-10-18)29-22-12-8-7-11-19(21)22/h4-12,16-17H,3,13-15H2,1-2H3,(H,30,31)/t17-/m1/s1. The molecular weight excluding hydrogens is 444 g/mol. The number of anilines is 1. The quantitative estimate of drug-likeness (QED) is 0.337. The van der Waals surface area contributed by atoms with E-state index in [0.717, 1.165) is 47.0 Å². The van der Waals surface area contributed by atoms with E-state index in [1.165, 1.54) is 16.2 Å². The summed E-state index contributed by atoms with van der Waals surface area (Å²) in [4.78, 5) is 32.5. The summed E-state index contributed by atoms with van der Waals surface area (Å²) in [6, 6.07) is 19.3. The molecule has 0 radical (unpaired) electrons. The van der Waals surface area contributed by atoms with E-state index in [4.69, 9.17) is 9.72 Å². The van der Waals surface area contributed by atoms with Crippen molar-refractivity contribution in [1.29, 1.82) is 0 Å². The van der Waals surface area contributed by atoms with Crippen molar-refractivity contribution in [1.82, 2.24) is 4.98 Å². The van der Waals surface area contributed by atoms with Crippen molar-refractivity contribution in [3.63, 3.8) is 0 Å². The SMILES string of the molecule is CCOC(=O)c1c(NC(=O)c2cc(-c3ccccc3)nc3ccccc23)sc2c1CC[C@@H](C)C2. The van der Waals surface area contributed by atoms with E-state index < -0.39 is 0 Å². The van der Waals surface area contributed by atoms with Gasteiger partial charge >= 0.3 is 5.97 Å². The molecule has 172 valence electrons. The Morgan fingerprint density at radius 2 is 1.88 bits per heavy atom. The third kappa shape index (κ3) is 4.21. The molecule has 0 spiro atoms. The molecule has 2 aromatic heterocycles. The minimum Gasteiger partial charge on any atom is -0.462 e. The van der Waals surface area contributed by atoms with Gasteiger partial charge in [0.05, 0.1) is 28.9 Å². The van der Waals surface area contributed by atoms with Gasteiger partial charge in [-0.15, -0.1) is 11.3 Å². The van der Waals surface area contributed by atoms with Crippen LogP contribution in [0.25, 0.3) is 22.2 Å². The lowest BCUT2D eigenvalue weighted by Gasteiger charge is -2.18. The first-order valence-electron chi connectivity index (χ1n) is 11.6. The minimum atomic E-state index is -0.366. The first-order chi connectivity index (χ1) is 16.5. The number of aromatic nitrogens is 1. The van der Waals surface area contributed by atoms with E-state index in [2.05, 4.69) is 12.2 Å². The molecule has 1 N–H and O–H groups in total. The first kappa shape index (κ1) is 22.3. The van der Waals surface area contributed by atoms with Crippen molar-refractivity contribution >= 4 is 39.1 Å². The van der Waals surface area contributed by atoms with Crippen molar-refractivity contribution in [2.45, 2.75) is 33.1 Å². The number of fused-ring (bicyclic) bond motifs is 2. The van der Waals surface area contributed by atoms with Crippen LogP contribution in [0.3, 0.4) is 0 Å². The molecule has 1 atom stereocenters. The Hall–Kier alpha value is -3.51. The van der Waals surface area contributed by atoms with Crippen LogP contribution in [-0.4, -0.2) is 23.5 Å². The summed E-state index contributed by atoms with van der Waals surface area (Å²) in [6.07, 6.45) is 2.77. The van der Waals surface area contributed by atoms with Crippen molar-refractivity contribution in [3.8, 4) is 11.3 Å². The van der Waals surface area contributed by atoms with Crippen LogP contribution in [0.5, 0.6) is 0 Å². The number of para-hydroxylation sites is 1. The number of hydrogen-bond donors (Lipinski definition) is 1. The van der Waals surface area contributed by atoms with Gasteiger partial charge in [-0.3, -0.25) is 4.79 Å². The van der Waals surface area contributed by atoms with Crippen LogP contribution in [0, 0.1) is 5.92 Å². The summed E-state index contributed by atoms with van der Waals surface area (Å²) in [5, 5.41) is 4.40. The van der Waals surface area contributed by atoms with E-state index in [0.29, 0.717) is 28.7 Å². The average Bonchev–Trinajstić information content (AvgIpc) is 3.20. The largest absolute Gasteiger partial charge is 0.462 e. The van der Waals surface area contributed by atoms with E-state index in [-0.39, 0.29) is 11.9 Å². The third-order valence-corrected chi connectivity index (χ3v) is 7.42.